The zero-order chi connectivity index (χ0) is 14.7. The molecule has 1 aromatic carbocycles. The number of nitrogen functional groups attached to an aromatic ring is 1. The van der Waals surface area contributed by atoms with E-state index in [1.54, 1.807) is 12.1 Å². The van der Waals surface area contributed by atoms with Gasteiger partial charge in [0, 0.05) is 16.9 Å². The quantitative estimate of drug-likeness (QED) is 0.823. The molecule has 6 heteroatoms. The van der Waals surface area contributed by atoms with Crippen LogP contribution in [0.4, 0.5) is 5.69 Å². The van der Waals surface area contributed by atoms with Crippen LogP contribution in [0.1, 0.15) is 36.0 Å². The second kappa shape index (κ2) is 6.92. The first kappa shape index (κ1) is 15.8. The maximum absolute atomic E-state index is 12.2. The van der Waals surface area contributed by atoms with Crippen LogP contribution in [0.15, 0.2) is 12.1 Å². The van der Waals surface area contributed by atoms with E-state index in [1.807, 2.05) is 11.8 Å². The number of carbonyl (C=O) groups is 1. The highest BCUT2D eigenvalue weighted by molar-refractivity contribution is 7.99. The van der Waals surface area contributed by atoms with Crippen LogP contribution in [0.25, 0.3) is 0 Å². The van der Waals surface area contributed by atoms with E-state index in [0.29, 0.717) is 26.5 Å². The summed E-state index contributed by atoms with van der Waals surface area (Å²) in [7, 11) is 0. The van der Waals surface area contributed by atoms with Gasteiger partial charge in [0.2, 0.25) is 0 Å². The van der Waals surface area contributed by atoms with E-state index in [0.717, 1.165) is 19.3 Å². The minimum Gasteiger partial charge on any atom is -0.396 e. The van der Waals surface area contributed by atoms with E-state index in [9.17, 15) is 4.79 Å². The number of hydrogen-bond acceptors (Lipinski definition) is 3. The van der Waals surface area contributed by atoms with Crippen molar-refractivity contribution < 1.29 is 4.79 Å². The van der Waals surface area contributed by atoms with Crippen molar-refractivity contribution in [1.29, 1.82) is 0 Å². The fraction of sp³-hybridized carbons (Fsp3) is 0.500. The average Bonchev–Trinajstić information content (AvgIpc) is 2.44. The number of anilines is 1. The molecule has 2 rings (SSSR count). The summed E-state index contributed by atoms with van der Waals surface area (Å²) in [6, 6.07) is 3.35. The molecule has 2 unspecified atom stereocenters. The van der Waals surface area contributed by atoms with Gasteiger partial charge in [0.15, 0.2) is 0 Å². The van der Waals surface area contributed by atoms with Gasteiger partial charge in [0.05, 0.1) is 15.7 Å². The second-order valence-corrected chi connectivity index (χ2v) is 7.00. The van der Waals surface area contributed by atoms with Crippen molar-refractivity contribution in [2.45, 2.75) is 37.0 Å². The Labute approximate surface area is 133 Å². The Morgan fingerprint density at radius 2 is 2.00 bits per heavy atom. The van der Waals surface area contributed by atoms with E-state index in [1.165, 1.54) is 6.42 Å². The lowest BCUT2D eigenvalue weighted by Gasteiger charge is -2.28. The molecule has 20 heavy (non-hydrogen) atoms. The molecule has 3 N–H and O–H groups in total. The van der Waals surface area contributed by atoms with Gasteiger partial charge in [0.1, 0.15) is 0 Å². The number of nitrogens with one attached hydrogen (secondary N) is 1. The zero-order valence-corrected chi connectivity index (χ0v) is 13.6. The zero-order valence-electron chi connectivity index (χ0n) is 11.3. The summed E-state index contributed by atoms with van der Waals surface area (Å²) in [6.07, 6.45) is 6.55. The Hall–Kier alpha value is -0.580. The van der Waals surface area contributed by atoms with Gasteiger partial charge < -0.3 is 11.1 Å². The molecule has 0 bridgehead atoms. The third-order valence-corrected chi connectivity index (χ3v) is 5.36. The molecule has 1 aromatic rings. The number of thioether (sulfide) groups is 1. The van der Waals surface area contributed by atoms with Gasteiger partial charge in [-0.3, -0.25) is 4.79 Å². The Morgan fingerprint density at radius 1 is 1.35 bits per heavy atom. The fourth-order valence-electron chi connectivity index (χ4n) is 2.47. The summed E-state index contributed by atoms with van der Waals surface area (Å²) in [4.78, 5) is 12.2. The lowest BCUT2D eigenvalue weighted by atomic mass is 9.94. The van der Waals surface area contributed by atoms with Crippen LogP contribution in [0.2, 0.25) is 10.0 Å². The van der Waals surface area contributed by atoms with Crippen LogP contribution in [0, 0.1) is 0 Å². The Kier molecular flexibility index (Phi) is 5.47. The maximum Gasteiger partial charge on any atom is 0.251 e. The first-order chi connectivity index (χ1) is 9.51. The lowest BCUT2D eigenvalue weighted by molar-refractivity contribution is 0.0928. The molecule has 1 aliphatic carbocycles. The van der Waals surface area contributed by atoms with E-state index < -0.39 is 0 Å². The second-order valence-electron chi connectivity index (χ2n) is 5.05. The number of rotatable bonds is 3. The average molecular weight is 333 g/mol. The highest BCUT2D eigenvalue weighted by atomic mass is 35.5. The summed E-state index contributed by atoms with van der Waals surface area (Å²) in [5.74, 6) is -0.138. The largest absolute Gasteiger partial charge is 0.396 e. The van der Waals surface area contributed by atoms with Crippen molar-refractivity contribution in [2.24, 2.45) is 0 Å². The molecule has 2 atom stereocenters. The van der Waals surface area contributed by atoms with Crippen LogP contribution >= 0.6 is 35.0 Å². The first-order valence-corrected chi connectivity index (χ1v) is 8.63. The Bertz CT molecular complexity index is 487. The number of halogens is 2. The number of benzene rings is 1. The maximum atomic E-state index is 12.2. The van der Waals surface area contributed by atoms with E-state index >= 15 is 0 Å². The van der Waals surface area contributed by atoms with Gasteiger partial charge in [-0.15, -0.1) is 0 Å². The van der Waals surface area contributed by atoms with Gasteiger partial charge in [-0.1, -0.05) is 29.6 Å². The summed E-state index contributed by atoms with van der Waals surface area (Å²) in [5.41, 5.74) is 6.44. The van der Waals surface area contributed by atoms with Crippen LogP contribution in [-0.4, -0.2) is 23.5 Å². The minimum absolute atomic E-state index is 0.138. The Balaban J connectivity index is 2.05. The predicted octanol–water partition coefficient (Wildman–Crippen LogP) is 3.98. The molecule has 1 amide bonds. The molecule has 1 fully saturated rings. The third kappa shape index (κ3) is 3.74. The summed E-state index contributed by atoms with van der Waals surface area (Å²) in [6.45, 7) is 0. The van der Waals surface area contributed by atoms with E-state index in [4.69, 9.17) is 28.9 Å². The van der Waals surface area contributed by atoms with Crippen molar-refractivity contribution in [3.05, 3.63) is 27.7 Å². The van der Waals surface area contributed by atoms with Crippen molar-refractivity contribution in [2.75, 3.05) is 12.0 Å². The molecule has 0 heterocycles. The van der Waals surface area contributed by atoms with Gasteiger partial charge in [0.25, 0.3) is 5.91 Å². The van der Waals surface area contributed by atoms with Crippen molar-refractivity contribution in [1.82, 2.24) is 5.32 Å². The molecule has 0 aromatic heterocycles. The smallest absolute Gasteiger partial charge is 0.251 e. The van der Waals surface area contributed by atoms with Gasteiger partial charge in [-0.2, -0.15) is 11.8 Å². The molecular formula is C14H18Cl2N2OS. The van der Waals surface area contributed by atoms with Gasteiger partial charge in [-0.25, -0.2) is 0 Å². The lowest BCUT2D eigenvalue weighted by Crippen LogP contribution is -2.39. The van der Waals surface area contributed by atoms with Crippen LogP contribution in [0.3, 0.4) is 0 Å². The number of hydrogen-bond donors (Lipinski definition) is 2. The molecule has 0 radical (unpaired) electrons. The first-order valence-electron chi connectivity index (χ1n) is 6.59. The molecular weight excluding hydrogens is 315 g/mol. The number of nitrogens with two attached hydrogens (primary N) is 1. The topological polar surface area (TPSA) is 55.1 Å². The van der Waals surface area contributed by atoms with Crippen LogP contribution < -0.4 is 11.1 Å². The third-order valence-electron chi connectivity index (χ3n) is 3.64. The molecule has 1 saturated carbocycles. The van der Waals surface area contributed by atoms with Gasteiger partial charge >= 0.3 is 0 Å². The van der Waals surface area contributed by atoms with Crippen LogP contribution in [-0.2, 0) is 0 Å². The summed E-state index contributed by atoms with van der Waals surface area (Å²) in [5, 5.41) is 4.32. The molecule has 110 valence electrons. The predicted molar refractivity (Wildman–Crippen MR) is 87.9 cm³/mol. The number of carbonyl (C=O) groups excluding carboxylic acids is 1. The van der Waals surface area contributed by atoms with Gasteiger partial charge in [-0.05, 0) is 37.7 Å². The highest BCUT2D eigenvalue weighted by Crippen LogP contribution is 2.30. The standard InChI is InChI=1S/C14H18Cl2N2OS/c1-20-10-4-2-3-9(7-10)18-14(19)8-5-11(15)13(17)12(16)6-8/h5-6,9-10H,2-4,7,17H2,1H3,(H,18,19). The fourth-order valence-corrected chi connectivity index (χ4v) is 3.79. The normalized spacial score (nSPS) is 22.6. The molecule has 1 aliphatic rings. The molecule has 3 nitrogen and oxygen atoms in total. The monoisotopic (exact) mass is 332 g/mol. The molecule has 0 spiro atoms. The Morgan fingerprint density at radius 3 is 2.60 bits per heavy atom. The summed E-state index contributed by atoms with van der Waals surface area (Å²) < 4.78 is 0. The van der Waals surface area contributed by atoms with E-state index in [2.05, 4.69) is 11.6 Å². The SMILES string of the molecule is CSC1CCCC(NC(=O)c2cc(Cl)c(N)c(Cl)c2)C1. The van der Waals surface area contributed by atoms with Crippen molar-refractivity contribution >= 4 is 46.6 Å². The minimum atomic E-state index is -0.138. The van der Waals surface area contributed by atoms with Crippen molar-refractivity contribution in [3.8, 4) is 0 Å². The van der Waals surface area contributed by atoms with Crippen molar-refractivity contribution in [3.63, 3.8) is 0 Å². The summed E-state index contributed by atoms with van der Waals surface area (Å²) >= 11 is 13.8. The molecule has 0 aliphatic heterocycles. The molecule has 0 saturated heterocycles. The van der Waals surface area contributed by atoms with Crippen LogP contribution in [0.5, 0.6) is 0 Å². The highest BCUT2D eigenvalue weighted by Gasteiger charge is 2.23. The number of amides is 1. The van der Waals surface area contributed by atoms with E-state index in [-0.39, 0.29) is 11.9 Å².